The van der Waals surface area contributed by atoms with Crippen molar-refractivity contribution in [3.05, 3.63) is 88.7 Å². The number of primary amides is 1. The molecule has 254 valence electrons. The maximum absolute atomic E-state index is 13.6. The molecule has 48 heavy (non-hydrogen) atoms. The quantitative estimate of drug-likeness (QED) is 0.0868. The molecule has 1 fully saturated rings. The van der Waals surface area contributed by atoms with Crippen LogP contribution in [0.1, 0.15) is 57.5 Å². The first-order valence-electron chi connectivity index (χ1n) is 15.5. The van der Waals surface area contributed by atoms with Gasteiger partial charge in [0.05, 0.1) is 63.7 Å². The molecule has 1 saturated carbocycles. The topological polar surface area (TPSA) is 155 Å². The first-order chi connectivity index (χ1) is 22.9. The smallest absolute Gasteiger partial charge is 0.289 e. The van der Waals surface area contributed by atoms with Crippen molar-refractivity contribution in [1.29, 1.82) is 0 Å². The molecule has 1 aliphatic carbocycles. The normalized spacial score (nSPS) is 13.1. The lowest BCUT2D eigenvalue weighted by Gasteiger charge is -2.25. The minimum absolute atomic E-state index is 0.00506. The van der Waals surface area contributed by atoms with Crippen molar-refractivity contribution in [2.45, 2.75) is 32.3 Å². The van der Waals surface area contributed by atoms with Gasteiger partial charge in [0.1, 0.15) is 17.2 Å². The molecule has 0 radical (unpaired) electrons. The summed E-state index contributed by atoms with van der Waals surface area (Å²) in [7, 11) is -3.78. The molecule has 2 N–H and O–H groups in total. The number of Topliss-reactive ketones (excluding diaryl/α,β-unsaturated/α-hetero) is 2. The molecule has 11 nitrogen and oxygen atoms in total. The first-order valence-corrected chi connectivity index (χ1v) is 17.3. The Kier molecular flexibility index (Phi) is 11.0. The summed E-state index contributed by atoms with van der Waals surface area (Å²) in [6.45, 7) is 3.13. The molecule has 5 rings (SSSR count). The fourth-order valence-electron chi connectivity index (χ4n) is 5.36. The number of sulfonamides is 1. The standard InChI is InChI=1S/C35H37FN2O9S/c1-22(39)26-5-3-4-23(18-26)21-46-17-16-45-15-14-44-13-12-38(48(2,42)43)30-20-31-29(19-28(30)24-6-7-24)32(33(40)35(37)41)34(47-31)25-8-10-27(36)11-9-25/h3-5,8-11,18-20,24H,6-7,12-17,21H2,1-2H3,(H2,37,41). The van der Waals surface area contributed by atoms with E-state index in [0.717, 1.165) is 24.7 Å². The van der Waals surface area contributed by atoms with Crippen LogP contribution in [0.5, 0.6) is 0 Å². The lowest BCUT2D eigenvalue weighted by atomic mass is 9.98. The maximum Gasteiger partial charge on any atom is 0.289 e. The minimum atomic E-state index is -3.78. The fraction of sp³-hybridized carbons (Fsp3) is 0.343. The number of carbonyl (C=O) groups excluding carboxylic acids is 3. The summed E-state index contributed by atoms with van der Waals surface area (Å²) >= 11 is 0. The molecular formula is C35H37FN2O9S. The zero-order chi connectivity index (χ0) is 34.4. The SMILES string of the molecule is CC(=O)c1cccc(COCCOCCOCCN(c2cc3oc(-c4ccc(F)cc4)c(C(=O)C(N)=O)c3cc2C2CC2)S(C)(=O)=O)c1. The van der Waals surface area contributed by atoms with Gasteiger partial charge in [-0.25, -0.2) is 12.8 Å². The molecule has 1 heterocycles. The number of rotatable bonds is 18. The maximum atomic E-state index is 13.6. The van der Waals surface area contributed by atoms with Gasteiger partial charge in [-0.3, -0.25) is 18.7 Å². The highest BCUT2D eigenvalue weighted by molar-refractivity contribution is 7.92. The van der Waals surface area contributed by atoms with Gasteiger partial charge in [0, 0.05) is 22.6 Å². The Labute approximate surface area is 277 Å². The van der Waals surface area contributed by atoms with Crippen LogP contribution in [0.2, 0.25) is 0 Å². The molecule has 13 heteroatoms. The molecule has 0 bridgehead atoms. The lowest BCUT2D eigenvalue weighted by Crippen LogP contribution is -2.34. The summed E-state index contributed by atoms with van der Waals surface area (Å²) in [5.41, 5.74) is 8.45. The number of hydrogen-bond donors (Lipinski definition) is 1. The van der Waals surface area contributed by atoms with Crippen LogP contribution in [0, 0.1) is 5.82 Å². The Bertz CT molecular complexity index is 1920. The van der Waals surface area contributed by atoms with Gasteiger partial charge < -0.3 is 24.4 Å². The molecule has 1 amide bonds. The third kappa shape index (κ3) is 8.53. The van der Waals surface area contributed by atoms with Crippen LogP contribution >= 0.6 is 0 Å². The van der Waals surface area contributed by atoms with E-state index >= 15 is 0 Å². The number of nitrogens with two attached hydrogens (primary N) is 1. The van der Waals surface area contributed by atoms with Crippen LogP contribution in [0.15, 0.2) is 65.1 Å². The highest BCUT2D eigenvalue weighted by Gasteiger charge is 2.34. The van der Waals surface area contributed by atoms with E-state index in [1.54, 1.807) is 24.3 Å². The average molecular weight is 681 g/mol. The van der Waals surface area contributed by atoms with Gasteiger partial charge in [0.15, 0.2) is 5.78 Å². The Hall–Kier alpha value is -4.43. The molecule has 1 aromatic heterocycles. The number of halogens is 1. The molecule has 4 aromatic rings. The number of fused-ring (bicyclic) bond motifs is 1. The number of anilines is 1. The number of hydrogen-bond acceptors (Lipinski definition) is 9. The average Bonchev–Trinajstić information content (AvgIpc) is 3.83. The lowest BCUT2D eigenvalue weighted by molar-refractivity contribution is -0.114. The number of nitrogens with zero attached hydrogens (tertiary/aromatic N) is 1. The van der Waals surface area contributed by atoms with Gasteiger partial charge in [0.25, 0.3) is 11.7 Å². The Balaban J connectivity index is 1.23. The number of ether oxygens (including phenoxy) is 3. The van der Waals surface area contributed by atoms with E-state index in [0.29, 0.717) is 47.6 Å². The van der Waals surface area contributed by atoms with Crippen LogP contribution in [-0.4, -0.2) is 71.7 Å². The van der Waals surface area contributed by atoms with Crippen LogP contribution in [0.4, 0.5) is 10.1 Å². The van der Waals surface area contributed by atoms with Gasteiger partial charge in [0.2, 0.25) is 10.0 Å². The summed E-state index contributed by atoms with van der Waals surface area (Å²) in [4.78, 5) is 36.5. The second kappa shape index (κ2) is 15.2. The van der Waals surface area contributed by atoms with E-state index in [2.05, 4.69) is 0 Å². The van der Waals surface area contributed by atoms with Crippen LogP contribution < -0.4 is 10.0 Å². The molecule has 0 saturated heterocycles. The monoisotopic (exact) mass is 680 g/mol. The van der Waals surface area contributed by atoms with Gasteiger partial charge in [-0.1, -0.05) is 18.2 Å². The second-order valence-electron chi connectivity index (χ2n) is 11.6. The highest BCUT2D eigenvalue weighted by atomic mass is 32.2. The molecule has 1 aliphatic rings. The molecule has 0 spiro atoms. The van der Waals surface area contributed by atoms with E-state index in [1.807, 2.05) is 12.1 Å². The number of ketones is 2. The predicted octanol–water partition coefficient (Wildman–Crippen LogP) is 5.00. The van der Waals surface area contributed by atoms with Gasteiger partial charge >= 0.3 is 0 Å². The summed E-state index contributed by atoms with van der Waals surface area (Å²) in [5, 5.41) is 0.319. The van der Waals surface area contributed by atoms with Crippen molar-refractivity contribution in [3.63, 3.8) is 0 Å². The van der Waals surface area contributed by atoms with E-state index in [9.17, 15) is 27.2 Å². The van der Waals surface area contributed by atoms with Gasteiger partial charge in [-0.15, -0.1) is 0 Å². The van der Waals surface area contributed by atoms with Crippen molar-refractivity contribution >= 4 is 44.2 Å². The van der Waals surface area contributed by atoms with Crippen molar-refractivity contribution in [2.24, 2.45) is 5.73 Å². The number of furan rings is 1. The Morgan fingerprint density at radius 2 is 1.60 bits per heavy atom. The van der Waals surface area contributed by atoms with Crippen LogP contribution in [0.3, 0.4) is 0 Å². The Morgan fingerprint density at radius 3 is 2.23 bits per heavy atom. The van der Waals surface area contributed by atoms with E-state index in [1.165, 1.54) is 35.5 Å². The highest BCUT2D eigenvalue weighted by Crippen LogP contribution is 2.48. The second-order valence-corrected chi connectivity index (χ2v) is 13.5. The molecule has 0 atom stereocenters. The van der Waals surface area contributed by atoms with Gasteiger partial charge in [-0.05, 0) is 73.2 Å². The summed E-state index contributed by atoms with van der Waals surface area (Å²) in [6, 6.07) is 15.7. The fourth-order valence-corrected chi connectivity index (χ4v) is 6.28. The molecule has 3 aromatic carbocycles. The van der Waals surface area contributed by atoms with Crippen molar-refractivity contribution in [2.75, 3.05) is 50.1 Å². The zero-order valence-corrected chi connectivity index (χ0v) is 27.5. The van der Waals surface area contributed by atoms with Crippen LogP contribution in [-0.2, 0) is 35.6 Å². The third-order valence-electron chi connectivity index (χ3n) is 7.87. The number of amides is 1. The van der Waals surface area contributed by atoms with Crippen molar-refractivity contribution in [1.82, 2.24) is 0 Å². The first kappa shape index (κ1) is 34.9. The third-order valence-corrected chi connectivity index (χ3v) is 9.05. The summed E-state index contributed by atoms with van der Waals surface area (Å²) in [5.74, 6) is -2.57. The molecular weight excluding hydrogens is 643 g/mol. The van der Waals surface area contributed by atoms with Crippen molar-refractivity contribution in [3.8, 4) is 11.3 Å². The van der Waals surface area contributed by atoms with E-state index in [4.69, 9.17) is 24.4 Å². The number of carbonyl (C=O) groups is 3. The van der Waals surface area contributed by atoms with Crippen LogP contribution in [0.25, 0.3) is 22.3 Å². The summed E-state index contributed by atoms with van der Waals surface area (Å²) < 4.78 is 63.9. The summed E-state index contributed by atoms with van der Waals surface area (Å²) in [6.07, 6.45) is 2.74. The zero-order valence-electron chi connectivity index (χ0n) is 26.7. The Morgan fingerprint density at radius 1 is 0.938 bits per heavy atom. The van der Waals surface area contributed by atoms with Crippen molar-refractivity contribution < 1.29 is 45.8 Å². The number of benzene rings is 3. The largest absolute Gasteiger partial charge is 0.455 e. The minimum Gasteiger partial charge on any atom is -0.455 e. The van der Waals surface area contributed by atoms with Gasteiger partial charge in [-0.2, -0.15) is 0 Å². The predicted molar refractivity (Wildman–Crippen MR) is 177 cm³/mol. The van der Waals surface area contributed by atoms with E-state index < -0.39 is 27.5 Å². The molecule has 0 aliphatic heterocycles. The van der Waals surface area contributed by atoms with E-state index in [-0.39, 0.29) is 55.0 Å². The molecule has 0 unspecified atom stereocenters.